The van der Waals surface area contributed by atoms with Crippen LogP contribution < -0.4 is 21.7 Å². The highest BCUT2D eigenvalue weighted by Gasteiger charge is 2.43. The fourth-order valence-corrected chi connectivity index (χ4v) is 3.92. The molecule has 0 spiro atoms. The van der Waals surface area contributed by atoms with Crippen LogP contribution in [0.5, 0.6) is 0 Å². The third kappa shape index (κ3) is 5.30. The molecule has 1 atom stereocenters. The summed E-state index contributed by atoms with van der Waals surface area (Å²) in [6, 6.07) is 7.17. The van der Waals surface area contributed by atoms with E-state index < -0.39 is 5.54 Å². The Morgan fingerprint density at radius 2 is 2.03 bits per heavy atom. The van der Waals surface area contributed by atoms with E-state index in [1.165, 1.54) is 6.08 Å². The van der Waals surface area contributed by atoms with Crippen LogP contribution in [-0.2, 0) is 26.4 Å². The van der Waals surface area contributed by atoms with Crippen LogP contribution in [0.3, 0.4) is 0 Å². The van der Waals surface area contributed by atoms with Crippen molar-refractivity contribution in [1.29, 1.82) is 0 Å². The molecule has 5 N–H and O–H groups in total. The van der Waals surface area contributed by atoms with Gasteiger partial charge < -0.3 is 31.3 Å². The predicted molar refractivity (Wildman–Crippen MR) is 132 cm³/mol. The lowest BCUT2D eigenvalue weighted by molar-refractivity contribution is -0.125. The lowest BCUT2D eigenvalue weighted by Crippen LogP contribution is -2.59. The van der Waals surface area contributed by atoms with Crippen molar-refractivity contribution in [3.8, 4) is 0 Å². The molecule has 11 heteroatoms. The Hall–Kier alpha value is -4.25. The molecule has 1 saturated heterocycles. The number of morpholine rings is 1. The molecule has 1 unspecified atom stereocenters. The van der Waals surface area contributed by atoms with E-state index in [0.29, 0.717) is 49.1 Å². The SMILES string of the molecule is C=CC(=O)Nc1ccc(CNC(=O)C2(c3cnc(N)nc3C)C=NC=C(N3CCOCC3)N2)cc1. The number of carbonyl (C=O) groups excluding carboxylic acids is 2. The number of hydrogen-bond acceptors (Lipinski definition) is 9. The fourth-order valence-electron chi connectivity index (χ4n) is 3.92. The number of aliphatic imine (C=N–C) groups is 1. The molecule has 0 bridgehead atoms. The molecule has 0 aliphatic carbocycles. The van der Waals surface area contributed by atoms with Crippen molar-refractivity contribution < 1.29 is 14.3 Å². The van der Waals surface area contributed by atoms with Crippen molar-refractivity contribution in [2.24, 2.45) is 4.99 Å². The van der Waals surface area contributed by atoms with Gasteiger partial charge in [0.2, 0.25) is 11.9 Å². The van der Waals surface area contributed by atoms with Gasteiger partial charge in [0.15, 0.2) is 5.54 Å². The number of carbonyl (C=O) groups is 2. The van der Waals surface area contributed by atoms with E-state index in [1.807, 2.05) is 12.1 Å². The third-order valence-electron chi connectivity index (χ3n) is 5.78. The topological polar surface area (TPSA) is 147 Å². The molecule has 2 aliphatic rings. The Morgan fingerprint density at radius 3 is 2.71 bits per heavy atom. The fraction of sp³-hybridized carbons (Fsp3) is 0.292. The second-order valence-corrected chi connectivity index (χ2v) is 8.13. The summed E-state index contributed by atoms with van der Waals surface area (Å²) in [5.41, 5.74) is 7.04. The van der Waals surface area contributed by atoms with Gasteiger partial charge in [0.05, 0.1) is 19.4 Å². The number of benzene rings is 1. The number of ether oxygens (including phenoxy) is 1. The van der Waals surface area contributed by atoms with Crippen LogP contribution >= 0.6 is 0 Å². The van der Waals surface area contributed by atoms with Crippen molar-refractivity contribution in [1.82, 2.24) is 25.5 Å². The van der Waals surface area contributed by atoms with E-state index in [1.54, 1.807) is 37.7 Å². The maximum Gasteiger partial charge on any atom is 0.256 e. The van der Waals surface area contributed by atoms with E-state index in [0.717, 1.165) is 5.56 Å². The Morgan fingerprint density at radius 1 is 1.29 bits per heavy atom. The molecule has 35 heavy (non-hydrogen) atoms. The molecule has 2 aromatic rings. The molecule has 1 aromatic heterocycles. The first-order chi connectivity index (χ1) is 16.9. The zero-order valence-corrected chi connectivity index (χ0v) is 19.5. The van der Waals surface area contributed by atoms with Crippen LogP contribution in [0.15, 0.2) is 60.1 Å². The molecule has 2 aliphatic heterocycles. The highest BCUT2D eigenvalue weighted by atomic mass is 16.5. The van der Waals surface area contributed by atoms with Gasteiger partial charge in [-0.2, -0.15) is 0 Å². The molecular weight excluding hydrogens is 448 g/mol. The van der Waals surface area contributed by atoms with Crippen LogP contribution in [0.25, 0.3) is 0 Å². The summed E-state index contributed by atoms with van der Waals surface area (Å²) in [7, 11) is 0. The van der Waals surface area contributed by atoms with Gasteiger partial charge in [-0.15, -0.1) is 0 Å². The summed E-state index contributed by atoms with van der Waals surface area (Å²) in [6.07, 6.45) is 6.01. The smallest absolute Gasteiger partial charge is 0.256 e. The Balaban J connectivity index is 1.56. The predicted octanol–water partition coefficient (Wildman–Crippen LogP) is 0.809. The van der Waals surface area contributed by atoms with Gasteiger partial charge in [-0.25, -0.2) is 9.97 Å². The van der Waals surface area contributed by atoms with E-state index >= 15 is 0 Å². The minimum Gasteiger partial charge on any atom is -0.378 e. The van der Waals surface area contributed by atoms with Gasteiger partial charge in [0.1, 0.15) is 5.82 Å². The lowest BCUT2D eigenvalue weighted by atomic mass is 9.88. The molecule has 0 saturated carbocycles. The molecule has 182 valence electrons. The van der Waals surface area contributed by atoms with Crippen molar-refractivity contribution in [3.05, 3.63) is 72.0 Å². The van der Waals surface area contributed by atoms with Crippen LogP contribution in [0.1, 0.15) is 16.8 Å². The second-order valence-electron chi connectivity index (χ2n) is 8.13. The lowest BCUT2D eigenvalue weighted by Gasteiger charge is -2.39. The monoisotopic (exact) mass is 476 g/mol. The van der Waals surface area contributed by atoms with Crippen molar-refractivity contribution >= 4 is 29.7 Å². The molecule has 2 amide bonds. The summed E-state index contributed by atoms with van der Waals surface area (Å²) in [5.74, 6) is 0.230. The maximum atomic E-state index is 13.7. The van der Waals surface area contributed by atoms with Crippen molar-refractivity contribution in [2.75, 3.05) is 37.4 Å². The van der Waals surface area contributed by atoms with Crippen LogP contribution in [0.4, 0.5) is 11.6 Å². The summed E-state index contributed by atoms with van der Waals surface area (Å²) < 4.78 is 5.45. The number of nitrogen functional groups attached to an aromatic ring is 1. The summed E-state index contributed by atoms with van der Waals surface area (Å²) in [6.45, 7) is 8.02. The molecular formula is C24H28N8O3. The third-order valence-corrected chi connectivity index (χ3v) is 5.78. The highest BCUT2D eigenvalue weighted by molar-refractivity contribution is 6.05. The van der Waals surface area contributed by atoms with Crippen LogP contribution in [0.2, 0.25) is 0 Å². The van der Waals surface area contributed by atoms with Crippen molar-refractivity contribution in [2.45, 2.75) is 19.0 Å². The second kappa shape index (κ2) is 10.3. The molecule has 4 rings (SSSR count). The summed E-state index contributed by atoms with van der Waals surface area (Å²) in [5, 5.41) is 9.06. The van der Waals surface area contributed by atoms with E-state index in [-0.39, 0.29) is 24.3 Å². The zero-order valence-electron chi connectivity index (χ0n) is 19.5. The quantitative estimate of drug-likeness (QED) is 0.429. The molecule has 1 fully saturated rings. The number of aromatic nitrogens is 2. The number of anilines is 2. The van der Waals surface area contributed by atoms with Crippen LogP contribution in [0, 0.1) is 6.92 Å². The number of nitrogens with two attached hydrogens (primary N) is 1. The normalized spacial score (nSPS) is 19.3. The molecule has 11 nitrogen and oxygen atoms in total. The van der Waals surface area contributed by atoms with Crippen molar-refractivity contribution in [3.63, 3.8) is 0 Å². The molecule has 0 radical (unpaired) electrons. The summed E-state index contributed by atoms with van der Waals surface area (Å²) >= 11 is 0. The number of nitrogens with zero attached hydrogens (tertiary/aromatic N) is 4. The first kappa shape index (κ1) is 23.9. The zero-order chi connectivity index (χ0) is 24.8. The number of amides is 2. The first-order valence-electron chi connectivity index (χ1n) is 11.2. The van der Waals surface area contributed by atoms with E-state index in [4.69, 9.17) is 10.5 Å². The largest absolute Gasteiger partial charge is 0.378 e. The number of nitrogens with one attached hydrogen (secondary N) is 3. The Labute approximate surface area is 203 Å². The van der Waals surface area contributed by atoms with Gasteiger partial charge >= 0.3 is 0 Å². The average molecular weight is 477 g/mol. The maximum absolute atomic E-state index is 13.7. The average Bonchev–Trinajstić information content (AvgIpc) is 2.88. The standard InChI is InChI=1S/C24H28N8O3/c1-3-21(33)30-18-6-4-17(5-7-18)12-27-22(34)24(19-13-28-23(25)29-16(19)2)15-26-14-20(31-24)32-8-10-35-11-9-32/h3-7,13-15,31H,1,8-12H2,2H3,(H,27,34)(H,30,33)(H2,25,28,29). The Bertz CT molecular complexity index is 1170. The van der Waals surface area contributed by atoms with Crippen LogP contribution in [-0.4, -0.2) is 59.2 Å². The van der Waals surface area contributed by atoms with Gasteiger partial charge in [-0.3, -0.25) is 14.6 Å². The van der Waals surface area contributed by atoms with Gasteiger partial charge in [0.25, 0.3) is 5.91 Å². The van der Waals surface area contributed by atoms with E-state index in [2.05, 4.69) is 42.4 Å². The number of aryl methyl sites for hydroxylation is 1. The van der Waals surface area contributed by atoms with E-state index in [9.17, 15) is 9.59 Å². The summed E-state index contributed by atoms with van der Waals surface area (Å²) in [4.78, 5) is 40.1. The number of hydrogen-bond donors (Lipinski definition) is 4. The molecule has 3 heterocycles. The minimum absolute atomic E-state index is 0.127. The highest BCUT2D eigenvalue weighted by Crippen LogP contribution is 2.27. The number of rotatable bonds is 7. The van der Waals surface area contributed by atoms with Gasteiger partial charge in [-0.1, -0.05) is 18.7 Å². The van der Waals surface area contributed by atoms with Gasteiger partial charge in [-0.05, 0) is 30.7 Å². The van der Waals surface area contributed by atoms with Gasteiger partial charge in [0, 0.05) is 49.0 Å². The minimum atomic E-state index is -1.34. The Kier molecular flexibility index (Phi) is 7.06. The molecule has 1 aromatic carbocycles. The first-order valence-corrected chi connectivity index (χ1v) is 11.2.